The van der Waals surface area contributed by atoms with Gasteiger partial charge in [-0.1, -0.05) is 6.92 Å². The molecule has 6 heteroatoms. The van der Waals surface area contributed by atoms with E-state index in [0.717, 1.165) is 38.9 Å². The van der Waals surface area contributed by atoms with Crippen LogP contribution in [0.25, 0.3) is 0 Å². The standard InChI is InChI=1S/C12H25ClN2O2S/c1-3-15-9-6-12(7-10-15)14(2)18(16,17)11-5-4-8-13/h12H,3-11H2,1-2H3. The van der Waals surface area contributed by atoms with Crippen LogP contribution in [0.2, 0.25) is 0 Å². The van der Waals surface area contributed by atoms with E-state index in [9.17, 15) is 8.42 Å². The molecule has 0 saturated carbocycles. The highest BCUT2D eigenvalue weighted by Crippen LogP contribution is 2.18. The number of sulfonamides is 1. The van der Waals surface area contributed by atoms with Gasteiger partial charge in [0.15, 0.2) is 0 Å². The first-order valence-electron chi connectivity index (χ1n) is 6.75. The Morgan fingerprint density at radius 3 is 2.39 bits per heavy atom. The molecule has 1 rings (SSSR count). The number of nitrogens with zero attached hydrogens (tertiary/aromatic N) is 2. The number of hydrogen-bond donors (Lipinski definition) is 0. The summed E-state index contributed by atoms with van der Waals surface area (Å²) in [6, 6.07) is 0.175. The van der Waals surface area contributed by atoms with Gasteiger partial charge in [-0.25, -0.2) is 12.7 Å². The quantitative estimate of drug-likeness (QED) is 0.531. The summed E-state index contributed by atoms with van der Waals surface area (Å²) in [6.07, 6.45) is 3.31. The van der Waals surface area contributed by atoms with Gasteiger partial charge in [-0.2, -0.15) is 0 Å². The highest BCUT2D eigenvalue weighted by atomic mass is 35.5. The zero-order chi connectivity index (χ0) is 13.6. The number of alkyl halides is 1. The van der Waals surface area contributed by atoms with Crippen molar-refractivity contribution in [1.29, 1.82) is 0 Å². The van der Waals surface area contributed by atoms with Crippen molar-refractivity contribution in [3.8, 4) is 0 Å². The molecule has 0 aromatic carbocycles. The van der Waals surface area contributed by atoms with E-state index in [1.165, 1.54) is 0 Å². The summed E-state index contributed by atoms with van der Waals surface area (Å²) < 4.78 is 25.8. The number of piperidine rings is 1. The van der Waals surface area contributed by atoms with Gasteiger partial charge in [-0.3, -0.25) is 0 Å². The molecule has 0 N–H and O–H groups in total. The summed E-state index contributed by atoms with van der Waals surface area (Å²) in [7, 11) is -1.38. The average Bonchev–Trinajstić information content (AvgIpc) is 2.38. The molecular formula is C12H25ClN2O2S. The summed E-state index contributed by atoms with van der Waals surface area (Å²) in [6.45, 7) is 5.21. The van der Waals surface area contributed by atoms with E-state index in [1.54, 1.807) is 11.4 Å². The Kier molecular flexibility index (Phi) is 6.92. The molecule has 1 saturated heterocycles. The van der Waals surface area contributed by atoms with E-state index in [0.29, 0.717) is 12.3 Å². The highest BCUT2D eigenvalue weighted by Gasteiger charge is 2.28. The van der Waals surface area contributed by atoms with Crippen molar-refractivity contribution >= 4 is 21.6 Å². The first-order chi connectivity index (χ1) is 8.51. The third-order valence-corrected chi connectivity index (χ3v) is 5.99. The van der Waals surface area contributed by atoms with Gasteiger partial charge in [0.1, 0.15) is 0 Å². The minimum atomic E-state index is -3.10. The molecule has 1 heterocycles. The summed E-state index contributed by atoms with van der Waals surface area (Å²) in [5, 5.41) is 0. The Balaban J connectivity index is 2.45. The molecule has 0 aromatic rings. The van der Waals surface area contributed by atoms with Crippen molar-refractivity contribution in [2.75, 3.05) is 38.3 Å². The monoisotopic (exact) mass is 296 g/mol. The number of likely N-dealkylation sites (tertiary alicyclic amines) is 1. The molecule has 1 aliphatic heterocycles. The maximum absolute atomic E-state index is 12.1. The summed E-state index contributed by atoms with van der Waals surface area (Å²) >= 11 is 5.58. The molecule has 18 heavy (non-hydrogen) atoms. The van der Waals surface area contributed by atoms with E-state index in [-0.39, 0.29) is 11.8 Å². The van der Waals surface area contributed by atoms with Crippen molar-refractivity contribution in [3.05, 3.63) is 0 Å². The van der Waals surface area contributed by atoms with Crippen LogP contribution in [-0.4, -0.2) is 62.0 Å². The van der Waals surface area contributed by atoms with Crippen LogP contribution < -0.4 is 0 Å². The maximum atomic E-state index is 12.1. The summed E-state index contributed by atoms with van der Waals surface area (Å²) in [5.41, 5.74) is 0. The van der Waals surface area contributed by atoms with Crippen LogP contribution in [0.5, 0.6) is 0 Å². The second kappa shape index (κ2) is 7.68. The van der Waals surface area contributed by atoms with Gasteiger partial charge in [-0.15, -0.1) is 11.6 Å². The van der Waals surface area contributed by atoms with E-state index in [1.807, 2.05) is 0 Å². The largest absolute Gasteiger partial charge is 0.303 e. The minimum Gasteiger partial charge on any atom is -0.303 e. The number of hydrogen-bond acceptors (Lipinski definition) is 3. The molecule has 0 aromatic heterocycles. The first-order valence-corrected chi connectivity index (χ1v) is 8.89. The fourth-order valence-corrected chi connectivity index (χ4v) is 4.06. The molecule has 0 aliphatic carbocycles. The smallest absolute Gasteiger partial charge is 0.214 e. The zero-order valence-corrected chi connectivity index (χ0v) is 13.0. The molecule has 0 spiro atoms. The Morgan fingerprint density at radius 2 is 1.89 bits per heavy atom. The topological polar surface area (TPSA) is 40.6 Å². The summed E-state index contributed by atoms with van der Waals surface area (Å²) in [5.74, 6) is 0.762. The Bertz CT molecular complexity index is 327. The van der Waals surface area contributed by atoms with Gasteiger partial charge in [0.25, 0.3) is 0 Å². The third-order valence-electron chi connectivity index (χ3n) is 3.74. The van der Waals surface area contributed by atoms with Gasteiger partial charge in [-0.05, 0) is 45.3 Å². The van der Waals surface area contributed by atoms with Crippen LogP contribution in [0.4, 0.5) is 0 Å². The average molecular weight is 297 g/mol. The molecule has 0 atom stereocenters. The predicted molar refractivity (Wildman–Crippen MR) is 76.6 cm³/mol. The predicted octanol–water partition coefficient (Wildman–Crippen LogP) is 1.75. The van der Waals surface area contributed by atoms with Crippen LogP contribution >= 0.6 is 11.6 Å². The number of unbranched alkanes of at least 4 members (excludes halogenated alkanes) is 1. The second-order valence-corrected chi connectivity index (χ2v) is 7.42. The highest BCUT2D eigenvalue weighted by molar-refractivity contribution is 7.89. The second-order valence-electron chi connectivity index (χ2n) is 4.89. The van der Waals surface area contributed by atoms with E-state index in [2.05, 4.69) is 11.8 Å². The molecule has 0 bridgehead atoms. The van der Waals surface area contributed by atoms with Crippen molar-refractivity contribution in [2.45, 2.75) is 38.6 Å². The molecule has 1 aliphatic rings. The lowest BCUT2D eigenvalue weighted by Gasteiger charge is -2.35. The Labute approximate surface area is 116 Å². The maximum Gasteiger partial charge on any atom is 0.214 e. The molecule has 108 valence electrons. The van der Waals surface area contributed by atoms with Gasteiger partial charge in [0.05, 0.1) is 5.75 Å². The lowest BCUT2D eigenvalue weighted by atomic mass is 10.1. The van der Waals surface area contributed by atoms with Crippen LogP contribution in [0.1, 0.15) is 32.6 Å². The molecule has 0 amide bonds. The van der Waals surface area contributed by atoms with E-state index < -0.39 is 10.0 Å². The lowest BCUT2D eigenvalue weighted by Crippen LogP contribution is -2.46. The molecule has 0 radical (unpaired) electrons. The van der Waals surface area contributed by atoms with Crippen molar-refractivity contribution in [1.82, 2.24) is 9.21 Å². The number of rotatable bonds is 7. The third kappa shape index (κ3) is 4.68. The van der Waals surface area contributed by atoms with Gasteiger partial charge in [0.2, 0.25) is 10.0 Å². The first kappa shape index (κ1) is 16.2. The Hall–Kier alpha value is 0.160. The minimum absolute atomic E-state index is 0.175. The van der Waals surface area contributed by atoms with Gasteiger partial charge in [0, 0.05) is 19.0 Å². The SMILES string of the molecule is CCN1CCC(N(C)S(=O)(=O)CCCCCl)CC1. The fraction of sp³-hybridized carbons (Fsp3) is 1.00. The zero-order valence-electron chi connectivity index (χ0n) is 11.4. The van der Waals surface area contributed by atoms with E-state index in [4.69, 9.17) is 11.6 Å². The molecule has 0 unspecified atom stereocenters. The Morgan fingerprint density at radius 1 is 1.28 bits per heavy atom. The molecular weight excluding hydrogens is 272 g/mol. The van der Waals surface area contributed by atoms with Crippen molar-refractivity contribution in [3.63, 3.8) is 0 Å². The summed E-state index contributed by atoms with van der Waals surface area (Å²) in [4.78, 5) is 2.37. The van der Waals surface area contributed by atoms with Crippen LogP contribution in [0.15, 0.2) is 0 Å². The van der Waals surface area contributed by atoms with E-state index >= 15 is 0 Å². The van der Waals surface area contributed by atoms with Gasteiger partial charge < -0.3 is 4.90 Å². The van der Waals surface area contributed by atoms with Crippen LogP contribution in [0, 0.1) is 0 Å². The molecule has 1 fully saturated rings. The molecule has 4 nitrogen and oxygen atoms in total. The number of halogens is 1. The van der Waals surface area contributed by atoms with Gasteiger partial charge >= 0.3 is 0 Å². The van der Waals surface area contributed by atoms with Crippen LogP contribution in [0.3, 0.4) is 0 Å². The fourth-order valence-electron chi connectivity index (χ4n) is 2.35. The van der Waals surface area contributed by atoms with Crippen LogP contribution in [-0.2, 0) is 10.0 Å². The van der Waals surface area contributed by atoms with Crippen molar-refractivity contribution in [2.24, 2.45) is 0 Å². The normalized spacial score (nSPS) is 19.6. The van der Waals surface area contributed by atoms with Crippen molar-refractivity contribution < 1.29 is 8.42 Å². The lowest BCUT2D eigenvalue weighted by molar-refractivity contribution is 0.176.